The van der Waals surface area contributed by atoms with Gasteiger partial charge in [-0.1, -0.05) is 6.07 Å². The van der Waals surface area contributed by atoms with E-state index in [9.17, 15) is 14.4 Å². The first-order valence-corrected chi connectivity index (χ1v) is 21.2. The van der Waals surface area contributed by atoms with Crippen molar-refractivity contribution in [1.82, 2.24) is 25.2 Å². The molecule has 1 atom stereocenters. The molecule has 0 spiro atoms. The average molecular weight is 854 g/mol. The second kappa shape index (κ2) is 21.8. The van der Waals surface area contributed by atoms with Crippen LogP contribution < -0.4 is 20.3 Å². The summed E-state index contributed by atoms with van der Waals surface area (Å²) in [5.41, 5.74) is 5.60. The number of piperidine rings is 1. The number of aromatic nitrogens is 3. The van der Waals surface area contributed by atoms with Gasteiger partial charge in [-0.25, -0.2) is 9.97 Å². The Bertz CT molecular complexity index is 2230. The number of carbonyl (C=O) groups is 3. The van der Waals surface area contributed by atoms with E-state index in [-0.39, 0.29) is 36.9 Å². The van der Waals surface area contributed by atoms with Crippen molar-refractivity contribution in [3.05, 3.63) is 84.2 Å². The van der Waals surface area contributed by atoms with E-state index in [1.165, 1.54) is 4.90 Å². The van der Waals surface area contributed by atoms with Crippen LogP contribution in [0.1, 0.15) is 33.6 Å². The maximum absolute atomic E-state index is 13.0. The van der Waals surface area contributed by atoms with Gasteiger partial charge in [0.25, 0.3) is 11.8 Å². The number of fused-ring (bicyclic) bond motifs is 2. The number of nitrogens with zero attached hydrogens (tertiary/aromatic N) is 5. The van der Waals surface area contributed by atoms with Gasteiger partial charge >= 0.3 is 0 Å². The van der Waals surface area contributed by atoms with Crippen LogP contribution in [0.3, 0.4) is 0 Å². The van der Waals surface area contributed by atoms with Crippen molar-refractivity contribution in [2.75, 3.05) is 110 Å². The van der Waals surface area contributed by atoms with Crippen molar-refractivity contribution in [2.24, 2.45) is 0 Å². The molecule has 0 radical (unpaired) electrons. The first-order valence-electron chi connectivity index (χ1n) is 20.4. The summed E-state index contributed by atoms with van der Waals surface area (Å²) in [4.78, 5) is 54.6. The normalized spacial score (nSPS) is 15.0. The van der Waals surface area contributed by atoms with Crippen molar-refractivity contribution in [3.8, 4) is 27.6 Å². The van der Waals surface area contributed by atoms with Crippen molar-refractivity contribution < 1.29 is 42.8 Å². The Labute approximate surface area is 358 Å². The Morgan fingerprint density at radius 2 is 1.39 bits per heavy atom. The molecule has 17 heteroatoms. The smallest absolute Gasteiger partial charge is 0.262 e. The minimum atomic E-state index is -0.363. The number of hydrogen-bond donors (Lipinski definition) is 2. The Morgan fingerprint density at radius 3 is 2.02 bits per heavy atom. The molecule has 3 amide bonds. The van der Waals surface area contributed by atoms with Gasteiger partial charge in [0.05, 0.1) is 99.1 Å². The second-order valence-electron chi connectivity index (χ2n) is 14.5. The van der Waals surface area contributed by atoms with Gasteiger partial charge in [-0.2, -0.15) is 0 Å². The van der Waals surface area contributed by atoms with Crippen molar-refractivity contribution >= 4 is 50.8 Å². The number of amides is 3. The fourth-order valence-electron chi connectivity index (χ4n) is 6.71. The lowest BCUT2D eigenvalue weighted by Gasteiger charge is -2.29. The van der Waals surface area contributed by atoms with E-state index in [4.69, 9.17) is 33.4 Å². The number of carbonyl (C=O) groups excluding carboxylic acids is 3. The van der Waals surface area contributed by atoms with Gasteiger partial charge in [0.1, 0.15) is 23.2 Å². The number of anilines is 2. The molecule has 5 heterocycles. The molecule has 0 saturated carbocycles. The van der Waals surface area contributed by atoms with Crippen LogP contribution in [0.5, 0.6) is 5.75 Å². The predicted octanol–water partition coefficient (Wildman–Crippen LogP) is 4.93. The SMILES string of the molecule is CN(C)c1ccc2nc(-c3ccc(-c4ccc(NCCOCCOCCOCCOCCOCCOc5ccc6c(c5)C(=O)N(C5CCC(=O)NC5)C6=O)nc4)cn3)sc2c1. The summed E-state index contributed by atoms with van der Waals surface area (Å²) in [6, 6.07) is 18.8. The van der Waals surface area contributed by atoms with Gasteiger partial charge in [-0.05, 0) is 61.0 Å². The van der Waals surface area contributed by atoms with E-state index in [0.717, 1.165) is 43.6 Å². The highest BCUT2D eigenvalue weighted by molar-refractivity contribution is 7.21. The average Bonchev–Trinajstić information content (AvgIpc) is 3.82. The maximum Gasteiger partial charge on any atom is 0.262 e. The lowest BCUT2D eigenvalue weighted by atomic mass is 10.1. The highest BCUT2D eigenvalue weighted by Gasteiger charge is 2.41. The molecular weight excluding hydrogens is 803 g/mol. The van der Waals surface area contributed by atoms with Gasteiger partial charge in [0.15, 0.2) is 0 Å². The zero-order chi connectivity index (χ0) is 42.4. The first-order chi connectivity index (χ1) is 29.8. The standard InChI is InChI=1S/C44H51N7O9S/c1-50(2)32-5-10-37-39(25-32)61-42(49-37)38-9-3-30(27-46-38)31-4-11-40(47-28-31)45-13-14-55-15-16-56-17-18-57-19-20-58-21-22-59-23-24-60-34-7-8-35-36(26-34)44(54)51(43(35)53)33-6-12-41(52)48-29-33/h3-5,7-11,25-28,33H,6,12-24,29H2,1-2H3,(H,45,47)(H,48,52). The number of thiazole rings is 1. The van der Waals surface area contributed by atoms with Crippen molar-refractivity contribution in [3.63, 3.8) is 0 Å². The lowest BCUT2D eigenvalue weighted by molar-refractivity contribution is -0.123. The molecule has 1 unspecified atom stereocenters. The zero-order valence-corrected chi connectivity index (χ0v) is 35.2. The minimum Gasteiger partial charge on any atom is -0.491 e. The third-order valence-electron chi connectivity index (χ3n) is 10.00. The molecule has 1 saturated heterocycles. The summed E-state index contributed by atoms with van der Waals surface area (Å²) in [5.74, 6) is 0.479. The molecule has 322 valence electrons. The van der Waals surface area contributed by atoms with Crippen LogP contribution in [0.2, 0.25) is 0 Å². The quantitative estimate of drug-likeness (QED) is 0.0631. The highest BCUT2D eigenvalue weighted by Crippen LogP contribution is 2.33. The van der Waals surface area contributed by atoms with Gasteiger partial charge in [0.2, 0.25) is 5.91 Å². The van der Waals surface area contributed by atoms with Crippen molar-refractivity contribution in [2.45, 2.75) is 18.9 Å². The Morgan fingerprint density at radius 1 is 0.738 bits per heavy atom. The maximum atomic E-state index is 13.0. The summed E-state index contributed by atoms with van der Waals surface area (Å²) in [7, 11) is 4.07. The van der Waals surface area contributed by atoms with Crippen LogP contribution in [0.4, 0.5) is 11.5 Å². The van der Waals surface area contributed by atoms with E-state index in [2.05, 4.69) is 43.7 Å². The van der Waals surface area contributed by atoms with Gasteiger partial charge in [-0.3, -0.25) is 24.3 Å². The highest BCUT2D eigenvalue weighted by atomic mass is 32.1. The summed E-state index contributed by atoms with van der Waals surface area (Å²) in [6.07, 6.45) is 4.45. The largest absolute Gasteiger partial charge is 0.491 e. The molecule has 16 nitrogen and oxygen atoms in total. The van der Waals surface area contributed by atoms with Gasteiger partial charge < -0.3 is 44.0 Å². The molecule has 61 heavy (non-hydrogen) atoms. The number of ether oxygens (including phenoxy) is 6. The van der Waals surface area contributed by atoms with E-state index in [1.54, 1.807) is 29.5 Å². The van der Waals surface area contributed by atoms with Crippen LogP contribution >= 0.6 is 11.3 Å². The fourth-order valence-corrected chi connectivity index (χ4v) is 7.69. The summed E-state index contributed by atoms with van der Waals surface area (Å²) in [6.45, 7) is 5.60. The molecular formula is C44H51N7O9S. The lowest BCUT2D eigenvalue weighted by Crippen LogP contribution is -2.50. The van der Waals surface area contributed by atoms with Crippen molar-refractivity contribution in [1.29, 1.82) is 0 Å². The predicted molar refractivity (Wildman–Crippen MR) is 231 cm³/mol. The minimum absolute atomic E-state index is 0.0698. The molecule has 2 aromatic carbocycles. The summed E-state index contributed by atoms with van der Waals surface area (Å²) < 4.78 is 34.8. The van der Waals surface area contributed by atoms with Gasteiger partial charge in [0, 0.05) is 62.8 Å². The zero-order valence-electron chi connectivity index (χ0n) is 34.4. The van der Waals surface area contributed by atoms with Crippen LogP contribution in [-0.4, -0.2) is 143 Å². The third kappa shape index (κ3) is 11.8. The first kappa shape index (κ1) is 43.5. The molecule has 5 aromatic rings. The Hall–Kier alpha value is -5.56. The van der Waals surface area contributed by atoms with Gasteiger partial charge in [-0.15, -0.1) is 11.3 Å². The molecule has 0 aliphatic carbocycles. The number of rotatable bonds is 24. The number of nitrogens with one attached hydrogen (secondary N) is 2. The number of pyridine rings is 2. The molecule has 7 rings (SSSR count). The van der Waals surface area contributed by atoms with E-state index in [0.29, 0.717) is 102 Å². The van der Waals surface area contributed by atoms with Crippen LogP contribution in [-0.2, 0) is 28.5 Å². The Kier molecular flexibility index (Phi) is 15.6. The second-order valence-corrected chi connectivity index (χ2v) is 15.5. The number of hydrogen-bond acceptors (Lipinski definition) is 15. The number of benzene rings is 2. The Balaban J connectivity index is 0.653. The molecule has 1 fully saturated rings. The van der Waals surface area contributed by atoms with E-state index < -0.39 is 0 Å². The van der Waals surface area contributed by atoms with E-state index in [1.807, 2.05) is 50.8 Å². The van der Waals surface area contributed by atoms with Crippen LogP contribution in [0.15, 0.2) is 73.1 Å². The molecule has 3 aromatic heterocycles. The molecule has 2 aliphatic heterocycles. The monoisotopic (exact) mass is 853 g/mol. The molecule has 2 aliphatic rings. The van der Waals surface area contributed by atoms with Crippen LogP contribution in [0, 0.1) is 0 Å². The summed E-state index contributed by atoms with van der Waals surface area (Å²) >= 11 is 1.64. The topological polar surface area (TPSA) is 176 Å². The van der Waals surface area contributed by atoms with Crippen LogP contribution in [0.25, 0.3) is 32.0 Å². The molecule has 2 N–H and O–H groups in total. The molecule has 0 bridgehead atoms. The van der Waals surface area contributed by atoms with E-state index >= 15 is 0 Å². The summed E-state index contributed by atoms with van der Waals surface area (Å²) in [5, 5.41) is 6.90. The number of imide groups is 1. The fraction of sp³-hybridized carbons (Fsp3) is 0.409. The third-order valence-corrected chi connectivity index (χ3v) is 11.0.